The highest BCUT2D eigenvalue weighted by molar-refractivity contribution is 6.03. The molecule has 1 N–H and O–H groups in total. The number of carbonyl (C=O) groups is 1. The number of rotatable bonds is 4. The zero-order chi connectivity index (χ0) is 18.7. The van der Waals surface area contributed by atoms with E-state index in [0.29, 0.717) is 11.3 Å². The Balaban J connectivity index is 1.88. The number of nitrogens with zero attached hydrogens (tertiary/aromatic N) is 4. The van der Waals surface area contributed by atoms with Gasteiger partial charge in [0.25, 0.3) is 0 Å². The molecule has 0 spiro atoms. The quantitative estimate of drug-likeness (QED) is 0.726. The van der Waals surface area contributed by atoms with Crippen LogP contribution in [0.3, 0.4) is 0 Å². The van der Waals surface area contributed by atoms with Crippen molar-refractivity contribution in [3.8, 4) is 5.69 Å². The van der Waals surface area contributed by atoms with Crippen molar-refractivity contribution in [2.24, 2.45) is 7.05 Å². The first-order valence-corrected chi connectivity index (χ1v) is 7.52. The van der Waals surface area contributed by atoms with Crippen molar-refractivity contribution in [3.05, 3.63) is 66.3 Å². The molecule has 1 aromatic carbocycles. The average molecular weight is 361 g/mol. The number of halogens is 3. The fourth-order valence-corrected chi connectivity index (χ4v) is 2.30. The van der Waals surface area contributed by atoms with Gasteiger partial charge >= 0.3 is 6.18 Å². The fraction of sp³-hybridized carbons (Fsp3) is 0.118. The van der Waals surface area contributed by atoms with E-state index < -0.39 is 17.6 Å². The number of amides is 1. The minimum atomic E-state index is -4.52. The molecular weight excluding hydrogens is 347 g/mol. The summed E-state index contributed by atoms with van der Waals surface area (Å²) in [6.45, 7) is 0. The molecule has 0 saturated heterocycles. The Morgan fingerprint density at radius 1 is 1.27 bits per heavy atom. The van der Waals surface area contributed by atoms with Gasteiger partial charge in [0.1, 0.15) is 0 Å². The van der Waals surface area contributed by atoms with Crippen molar-refractivity contribution in [2.45, 2.75) is 6.18 Å². The van der Waals surface area contributed by atoms with E-state index in [0.717, 1.165) is 12.1 Å². The van der Waals surface area contributed by atoms with Gasteiger partial charge in [-0.25, -0.2) is 4.68 Å². The van der Waals surface area contributed by atoms with Crippen LogP contribution >= 0.6 is 0 Å². The molecule has 0 fully saturated rings. The highest BCUT2D eigenvalue weighted by Gasteiger charge is 2.31. The fourth-order valence-electron chi connectivity index (χ4n) is 2.30. The molecule has 3 aromatic rings. The third-order valence-electron chi connectivity index (χ3n) is 3.48. The maximum atomic E-state index is 13.0. The van der Waals surface area contributed by atoms with Crippen molar-refractivity contribution < 1.29 is 18.0 Å². The standard InChI is InChI=1S/C17H14F3N5O/c1-24-11-12(10-22-24)3-6-16(26)23-14-9-13(17(18,19)20)4-5-15(14)25-8-2-7-21-25/h2-11H,1H3,(H,23,26). The monoisotopic (exact) mass is 361 g/mol. The molecular formula is C17H14F3N5O. The maximum absolute atomic E-state index is 13.0. The lowest BCUT2D eigenvalue weighted by Crippen LogP contribution is -2.13. The molecule has 9 heteroatoms. The van der Waals surface area contributed by atoms with Crippen LogP contribution in [-0.4, -0.2) is 25.5 Å². The number of anilines is 1. The summed E-state index contributed by atoms with van der Waals surface area (Å²) in [6.07, 6.45) is 4.54. The second kappa shape index (κ2) is 6.87. The van der Waals surface area contributed by atoms with Gasteiger partial charge in [0.05, 0.1) is 23.1 Å². The average Bonchev–Trinajstić information content (AvgIpc) is 3.24. The van der Waals surface area contributed by atoms with Gasteiger partial charge in [0, 0.05) is 37.3 Å². The smallest absolute Gasteiger partial charge is 0.321 e. The molecule has 0 saturated carbocycles. The SMILES string of the molecule is Cn1cc(C=CC(=O)Nc2cc(C(F)(F)F)ccc2-n2cccn2)cn1. The molecule has 6 nitrogen and oxygen atoms in total. The van der Waals surface area contributed by atoms with E-state index in [1.54, 1.807) is 36.4 Å². The van der Waals surface area contributed by atoms with Crippen molar-refractivity contribution >= 4 is 17.7 Å². The van der Waals surface area contributed by atoms with Gasteiger partial charge in [0.15, 0.2) is 0 Å². The highest BCUT2D eigenvalue weighted by atomic mass is 19.4. The molecule has 0 radical (unpaired) electrons. The van der Waals surface area contributed by atoms with Crippen LogP contribution in [0, 0.1) is 0 Å². The third kappa shape index (κ3) is 4.00. The summed E-state index contributed by atoms with van der Waals surface area (Å²) in [6, 6.07) is 4.72. The number of hydrogen-bond acceptors (Lipinski definition) is 3. The minimum Gasteiger partial charge on any atom is -0.321 e. The van der Waals surface area contributed by atoms with Crippen LogP contribution < -0.4 is 5.32 Å². The first-order chi connectivity index (χ1) is 12.3. The van der Waals surface area contributed by atoms with Crippen LogP contribution in [0.2, 0.25) is 0 Å². The van der Waals surface area contributed by atoms with Gasteiger partial charge in [-0.15, -0.1) is 0 Å². The molecule has 3 rings (SSSR count). The zero-order valence-corrected chi connectivity index (χ0v) is 13.6. The largest absolute Gasteiger partial charge is 0.416 e. The lowest BCUT2D eigenvalue weighted by Gasteiger charge is -2.14. The number of carbonyl (C=O) groups excluding carboxylic acids is 1. The van der Waals surface area contributed by atoms with Gasteiger partial charge in [0.2, 0.25) is 5.91 Å². The molecule has 134 valence electrons. The van der Waals surface area contributed by atoms with Gasteiger partial charge < -0.3 is 5.32 Å². The molecule has 1 amide bonds. The first kappa shape index (κ1) is 17.5. The lowest BCUT2D eigenvalue weighted by atomic mass is 10.1. The minimum absolute atomic E-state index is 0.00404. The highest BCUT2D eigenvalue weighted by Crippen LogP contribution is 2.33. The zero-order valence-electron chi connectivity index (χ0n) is 13.6. The van der Waals surface area contributed by atoms with E-state index in [4.69, 9.17) is 0 Å². The van der Waals surface area contributed by atoms with Crippen LogP contribution in [0.1, 0.15) is 11.1 Å². The lowest BCUT2D eigenvalue weighted by molar-refractivity contribution is -0.137. The number of hydrogen-bond donors (Lipinski definition) is 1. The van der Waals surface area contributed by atoms with Gasteiger partial charge in [-0.05, 0) is 30.3 Å². The predicted octanol–water partition coefficient (Wildman–Crippen LogP) is 3.28. The summed E-state index contributed by atoms with van der Waals surface area (Å²) >= 11 is 0. The second-order valence-corrected chi connectivity index (χ2v) is 5.45. The van der Waals surface area contributed by atoms with Crippen LogP contribution in [-0.2, 0) is 18.0 Å². The van der Waals surface area contributed by atoms with Gasteiger partial charge in [-0.1, -0.05) is 0 Å². The molecule has 2 aromatic heterocycles. The van der Waals surface area contributed by atoms with E-state index in [-0.39, 0.29) is 5.69 Å². The Labute approximate surface area is 146 Å². The van der Waals surface area contributed by atoms with Crippen molar-refractivity contribution in [1.82, 2.24) is 19.6 Å². The van der Waals surface area contributed by atoms with Crippen molar-refractivity contribution in [2.75, 3.05) is 5.32 Å². The molecule has 0 atom stereocenters. The molecule has 0 bridgehead atoms. The molecule has 0 unspecified atom stereocenters. The number of alkyl halides is 3. The van der Waals surface area contributed by atoms with Crippen LogP contribution in [0.5, 0.6) is 0 Å². The number of aromatic nitrogens is 4. The summed E-state index contributed by atoms with van der Waals surface area (Å²) in [4.78, 5) is 12.1. The third-order valence-corrected chi connectivity index (χ3v) is 3.48. The van der Waals surface area contributed by atoms with E-state index in [1.165, 1.54) is 29.1 Å². The Hall–Kier alpha value is -3.36. The Morgan fingerprint density at radius 2 is 2.08 bits per heavy atom. The predicted molar refractivity (Wildman–Crippen MR) is 89.4 cm³/mol. The molecule has 0 aliphatic rings. The number of benzene rings is 1. The number of aryl methyl sites for hydroxylation is 1. The maximum Gasteiger partial charge on any atom is 0.416 e. The summed E-state index contributed by atoms with van der Waals surface area (Å²) < 4.78 is 41.9. The second-order valence-electron chi connectivity index (χ2n) is 5.45. The number of nitrogens with one attached hydrogen (secondary N) is 1. The summed E-state index contributed by atoms with van der Waals surface area (Å²) in [7, 11) is 1.73. The Bertz CT molecular complexity index is 942. The van der Waals surface area contributed by atoms with Gasteiger partial charge in [-0.3, -0.25) is 9.48 Å². The van der Waals surface area contributed by atoms with E-state index in [9.17, 15) is 18.0 Å². The normalized spacial score (nSPS) is 11.8. The first-order valence-electron chi connectivity index (χ1n) is 7.52. The van der Waals surface area contributed by atoms with E-state index in [2.05, 4.69) is 15.5 Å². The van der Waals surface area contributed by atoms with E-state index >= 15 is 0 Å². The van der Waals surface area contributed by atoms with Crippen molar-refractivity contribution in [1.29, 1.82) is 0 Å². The summed E-state index contributed by atoms with van der Waals surface area (Å²) in [5, 5.41) is 10.4. The van der Waals surface area contributed by atoms with Crippen LogP contribution in [0.15, 0.2) is 55.1 Å². The molecule has 26 heavy (non-hydrogen) atoms. The van der Waals surface area contributed by atoms with Crippen molar-refractivity contribution in [3.63, 3.8) is 0 Å². The molecule has 0 aliphatic heterocycles. The Morgan fingerprint density at radius 3 is 2.69 bits per heavy atom. The van der Waals surface area contributed by atoms with Crippen LogP contribution in [0.25, 0.3) is 11.8 Å². The molecule has 0 aliphatic carbocycles. The summed E-state index contributed by atoms with van der Waals surface area (Å²) in [5.74, 6) is -0.568. The van der Waals surface area contributed by atoms with E-state index in [1.807, 2.05) is 0 Å². The topological polar surface area (TPSA) is 64.7 Å². The molecule has 2 heterocycles. The Kier molecular flexibility index (Phi) is 4.61. The summed E-state index contributed by atoms with van der Waals surface area (Å²) in [5.41, 5.74) is 0.162. The van der Waals surface area contributed by atoms with Gasteiger partial charge in [-0.2, -0.15) is 23.4 Å². The van der Waals surface area contributed by atoms with Crippen LogP contribution in [0.4, 0.5) is 18.9 Å².